The Bertz CT molecular complexity index is 469. The van der Waals surface area contributed by atoms with Gasteiger partial charge in [-0.25, -0.2) is 0 Å². The lowest BCUT2D eigenvalue weighted by Gasteiger charge is -2.43. The van der Waals surface area contributed by atoms with Gasteiger partial charge in [0.2, 0.25) is 5.91 Å². The quantitative estimate of drug-likeness (QED) is 0.785. The van der Waals surface area contributed by atoms with Crippen LogP contribution in [0.15, 0.2) is 16.8 Å². The van der Waals surface area contributed by atoms with Crippen molar-refractivity contribution in [2.75, 3.05) is 6.54 Å². The van der Waals surface area contributed by atoms with Gasteiger partial charge >= 0.3 is 0 Å². The summed E-state index contributed by atoms with van der Waals surface area (Å²) in [7, 11) is 0. The van der Waals surface area contributed by atoms with E-state index in [4.69, 9.17) is 5.73 Å². The fourth-order valence-corrected chi connectivity index (χ4v) is 4.63. The maximum atomic E-state index is 12.3. The van der Waals surface area contributed by atoms with Crippen LogP contribution >= 0.6 is 23.7 Å². The third-order valence-corrected chi connectivity index (χ3v) is 5.88. The first-order valence-corrected chi connectivity index (χ1v) is 8.83. The zero-order valence-corrected chi connectivity index (χ0v) is 14.2. The summed E-state index contributed by atoms with van der Waals surface area (Å²) in [5, 5.41) is 16.8. The van der Waals surface area contributed by atoms with Crippen molar-refractivity contribution in [1.82, 2.24) is 5.32 Å². The maximum absolute atomic E-state index is 12.3. The second-order valence-corrected chi connectivity index (χ2v) is 7.29. The lowest BCUT2D eigenvalue weighted by atomic mass is 9.65. The van der Waals surface area contributed by atoms with Crippen LogP contribution in [0.4, 0.5) is 0 Å². The first-order chi connectivity index (χ1) is 10.1. The van der Waals surface area contributed by atoms with Crippen LogP contribution in [0.2, 0.25) is 0 Å². The molecular formula is C16H25ClN2O2S. The monoisotopic (exact) mass is 344 g/mol. The number of nitrogens with one attached hydrogen (secondary N) is 1. The molecular weight excluding hydrogens is 320 g/mol. The van der Waals surface area contributed by atoms with Crippen LogP contribution in [0, 0.1) is 17.8 Å². The Hall–Kier alpha value is -0.620. The lowest BCUT2D eigenvalue weighted by molar-refractivity contribution is -0.128. The number of halogens is 1. The van der Waals surface area contributed by atoms with Crippen LogP contribution in [0.5, 0.6) is 0 Å². The molecule has 1 aromatic heterocycles. The van der Waals surface area contributed by atoms with Gasteiger partial charge in [0, 0.05) is 18.5 Å². The summed E-state index contributed by atoms with van der Waals surface area (Å²) in [6, 6.07) is 2.19. The van der Waals surface area contributed by atoms with Crippen LogP contribution < -0.4 is 11.1 Å². The number of fused-ring (bicyclic) bond motifs is 2. The minimum atomic E-state index is -0.606. The van der Waals surface area contributed by atoms with Gasteiger partial charge in [-0.1, -0.05) is 6.42 Å². The normalized spacial score (nSPS) is 31.9. The summed E-state index contributed by atoms with van der Waals surface area (Å²) in [5.74, 6) is 1.19. The first-order valence-electron chi connectivity index (χ1n) is 7.88. The third kappa shape index (κ3) is 3.82. The van der Waals surface area contributed by atoms with Crippen molar-refractivity contribution in [2.45, 2.75) is 44.2 Å². The van der Waals surface area contributed by atoms with Gasteiger partial charge in [0.1, 0.15) is 0 Å². The SMILES string of the molecule is Cl.NC1C2CCCC1CC(C(=O)NCC(O)c1ccsc1)C2. The van der Waals surface area contributed by atoms with Crippen molar-refractivity contribution < 1.29 is 9.90 Å². The molecule has 2 saturated carbocycles. The Morgan fingerprint density at radius 1 is 1.41 bits per heavy atom. The van der Waals surface area contributed by atoms with Crippen molar-refractivity contribution in [2.24, 2.45) is 23.5 Å². The predicted octanol–water partition coefficient (Wildman–Crippen LogP) is 2.47. The van der Waals surface area contributed by atoms with E-state index in [1.807, 2.05) is 16.8 Å². The van der Waals surface area contributed by atoms with Crippen LogP contribution in [0.25, 0.3) is 0 Å². The molecule has 1 amide bonds. The highest BCUT2D eigenvalue weighted by Gasteiger charge is 2.40. The topological polar surface area (TPSA) is 75.4 Å². The van der Waals surface area contributed by atoms with E-state index in [1.165, 1.54) is 19.3 Å². The molecule has 3 atom stereocenters. The molecule has 22 heavy (non-hydrogen) atoms. The molecule has 0 spiro atoms. The summed E-state index contributed by atoms with van der Waals surface area (Å²) in [6.45, 7) is 0.299. The molecule has 0 aromatic carbocycles. The number of carbonyl (C=O) groups excluding carboxylic acids is 1. The zero-order valence-electron chi connectivity index (χ0n) is 12.6. The summed E-state index contributed by atoms with van der Waals surface area (Å²) < 4.78 is 0. The molecule has 1 heterocycles. The predicted molar refractivity (Wildman–Crippen MR) is 91.1 cm³/mol. The standard InChI is InChI=1S/C16H24N2O2S.ClH/c17-15-10-2-1-3-11(15)7-13(6-10)16(20)18-8-14(19)12-4-5-21-9-12;/h4-5,9-11,13-15,19H,1-3,6-8,17H2,(H,18,20);1H. The van der Waals surface area contributed by atoms with E-state index in [2.05, 4.69) is 5.32 Å². The van der Waals surface area contributed by atoms with Crippen LogP contribution in [0.1, 0.15) is 43.8 Å². The van der Waals surface area contributed by atoms with E-state index in [9.17, 15) is 9.90 Å². The molecule has 2 bridgehead atoms. The molecule has 2 aliphatic carbocycles. The van der Waals surface area contributed by atoms with Crippen molar-refractivity contribution >= 4 is 29.7 Å². The zero-order chi connectivity index (χ0) is 14.8. The van der Waals surface area contributed by atoms with E-state index >= 15 is 0 Å². The molecule has 1 aromatic rings. The van der Waals surface area contributed by atoms with Gasteiger partial charge in [0.15, 0.2) is 0 Å². The van der Waals surface area contributed by atoms with E-state index < -0.39 is 6.10 Å². The number of aliphatic hydroxyl groups is 1. The third-order valence-electron chi connectivity index (χ3n) is 5.18. The molecule has 2 aliphatic rings. The maximum Gasteiger partial charge on any atom is 0.223 e. The molecule has 6 heteroatoms. The minimum absolute atomic E-state index is 0. The van der Waals surface area contributed by atoms with Gasteiger partial charge in [0.25, 0.3) is 0 Å². The molecule has 124 valence electrons. The van der Waals surface area contributed by atoms with E-state index in [1.54, 1.807) is 11.3 Å². The summed E-state index contributed by atoms with van der Waals surface area (Å²) in [4.78, 5) is 12.3. The number of rotatable bonds is 4. The highest BCUT2D eigenvalue weighted by molar-refractivity contribution is 7.07. The average molecular weight is 345 g/mol. The molecule has 3 unspecified atom stereocenters. The van der Waals surface area contributed by atoms with Crippen LogP contribution in [-0.4, -0.2) is 23.6 Å². The van der Waals surface area contributed by atoms with Gasteiger partial charge in [-0.3, -0.25) is 4.79 Å². The summed E-state index contributed by atoms with van der Waals surface area (Å²) >= 11 is 1.56. The largest absolute Gasteiger partial charge is 0.387 e. The molecule has 0 saturated heterocycles. The number of thiophene rings is 1. The van der Waals surface area contributed by atoms with Crippen molar-refractivity contribution in [3.63, 3.8) is 0 Å². The van der Waals surface area contributed by atoms with E-state index in [-0.39, 0.29) is 24.2 Å². The number of hydrogen-bond donors (Lipinski definition) is 3. The van der Waals surface area contributed by atoms with E-state index in [0.29, 0.717) is 24.4 Å². The van der Waals surface area contributed by atoms with Gasteiger partial charge in [0.05, 0.1) is 6.10 Å². The highest BCUT2D eigenvalue weighted by atomic mass is 35.5. The molecule has 4 nitrogen and oxygen atoms in total. The molecule has 3 rings (SSSR count). The van der Waals surface area contributed by atoms with Crippen LogP contribution in [-0.2, 0) is 4.79 Å². The smallest absolute Gasteiger partial charge is 0.223 e. The Labute approximate surface area is 141 Å². The Morgan fingerprint density at radius 2 is 2.09 bits per heavy atom. The van der Waals surface area contributed by atoms with Gasteiger partial charge in [-0.05, 0) is 59.9 Å². The Balaban J connectivity index is 0.00000176. The highest BCUT2D eigenvalue weighted by Crippen LogP contribution is 2.41. The average Bonchev–Trinajstić information content (AvgIpc) is 2.98. The Morgan fingerprint density at radius 3 is 2.68 bits per heavy atom. The van der Waals surface area contributed by atoms with Gasteiger partial charge in [-0.15, -0.1) is 12.4 Å². The number of nitrogens with two attached hydrogens (primary N) is 1. The summed E-state index contributed by atoms with van der Waals surface area (Å²) in [6.07, 6.45) is 4.81. The van der Waals surface area contributed by atoms with Crippen molar-refractivity contribution in [3.05, 3.63) is 22.4 Å². The molecule has 2 fully saturated rings. The first kappa shape index (κ1) is 17.7. The second kappa shape index (κ2) is 7.77. The molecule has 0 radical (unpaired) electrons. The van der Waals surface area contributed by atoms with Crippen molar-refractivity contribution in [1.29, 1.82) is 0 Å². The fraction of sp³-hybridized carbons (Fsp3) is 0.688. The lowest BCUT2D eigenvalue weighted by Crippen LogP contribution is -2.49. The minimum Gasteiger partial charge on any atom is -0.387 e. The number of carbonyl (C=O) groups is 1. The second-order valence-electron chi connectivity index (χ2n) is 6.51. The fourth-order valence-electron chi connectivity index (χ4n) is 3.93. The molecule has 0 aliphatic heterocycles. The Kier molecular flexibility index (Phi) is 6.26. The number of aliphatic hydroxyl groups excluding tert-OH is 1. The van der Waals surface area contributed by atoms with E-state index in [0.717, 1.165) is 18.4 Å². The number of amides is 1. The summed E-state index contributed by atoms with van der Waals surface area (Å²) in [5.41, 5.74) is 7.14. The van der Waals surface area contributed by atoms with Crippen molar-refractivity contribution in [3.8, 4) is 0 Å². The number of hydrogen-bond acceptors (Lipinski definition) is 4. The van der Waals surface area contributed by atoms with Crippen LogP contribution in [0.3, 0.4) is 0 Å². The van der Waals surface area contributed by atoms with Gasteiger partial charge in [-0.2, -0.15) is 11.3 Å². The van der Waals surface area contributed by atoms with Gasteiger partial charge < -0.3 is 16.2 Å². The molecule has 4 N–H and O–H groups in total.